The highest BCUT2D eigenvalue weighted by atomic mass is 16.5. The summed E-state index contributed by atoms with van der Waals surface area (Å²) in [5, 5.41) is 11.9. The van der Waals surface area contributed by atoms with E-state index in [0.29, 0.717) is 22.7 Å². The van der Waals surface area contributed by atoms with Crippen LogP contribution in [0.4, 0.5) is 5.69 Å². The van der Waals surface area contributed by atoms with Gasteiger partial charge in [-0.25, -0.2) is 9.78 Å². The number of nitrogens with zero attached hydrogens (tertiary/aromatic N) is 1. The van der Waals surface area contributed by atoms with Crippen LogP contribution in [0.25, 0.3) is 0 Å². The smallest absolute Gasteiger partial charge is 0.335 e. The van der Waals surface area contributed by atoms with Crippen molar-refractivity contribution >= 4 is 17.6 Å². The van der Waals surface area contributed by atoms with Crippen molar-refractivity contribution in [2.45, 2.75) is 26.6 Å². The van der Waals surface area contributed by atoms with Crippen molar-refractivity contribution < 1.29 is 24.2 Å². The summed E-state index contributed by atoms with van der Waals surface area (Å²) in [6.07, 6.45) is 1.40. The normalized spacial score (nSPS) is 10.6. The van der Waals surface area contributed by atoms with E-state index < -0.39 is 11.9 Å². The zero-order chi connectivity index (χ0) is 18.4. The standard InChI is InChI=1S/C18H20N2O5/c1-11(2)25-16-5-4-13(9-19-16)17(21)20-15-7-12(10-24-3)6-14(8-15)18(22)23/h4-9,11H,10H2,1-3H3,(H,20,21)(H,22,23). The molecule has 0 aliphatic carbocycles. The summed E-state index contributed by atoms with van der Waals surface area (Å²) in [6, 6.07) is 7.76. The van der Waals surface area contributed by atoms with E-state index in [0.717, 1.165) is 0 Å². The third kappa shape index (κ3) is 5.29. The van der Waals surface area contributed by atoms with Crippen molar-refractivity contribution in [2.75, 3.05) is 12.4 Å². The number of ether oxygens (including phenoxy) is 2. The molecule has 0 fully saturated rings. The van der Waals surface area contributed by atoms with Crippen molar-refractivity contribution in [1.29, 1.82) is 0 Å². The van der Waals surface area contributed by atoms with Gasteiger partial charge in [0.15, 0.2) is 0 Å². The highest BCUT2D eigenvalue weighted by Crippen LogP contribution is 2.18. The molecule has 0 saturated carbocycles. The van der Waals surface area contributed by atoms with Crippen molar-refractivity contribution in [3.05, 3.63) is 53.2 Å². The van der Waals surface area contributed by atoms with E-state index in [1.54, 1.807) is 18.2 Å². The average Bonchev–Trinajstić information content (AvgIpc) is 2.55. The molecule has 2 aromatic rings. The fourth-order valence-corrected chi connectivity index (χ4v) is 2.17. The van der Waals surface area contributed by atoms with E-state index in [1.165, 1.54) is 25.4 Å². The van der Waals surface area contributed by atoms with Crippen LogP contribution >= 0.6 is 0 Å². The van der Waals surface area contributed by atoms with Gasteiger partial charge in [-0.1, -0.05) is 0 Å². The van der Waals surface area contributed by atoms with Crippen LogP contribution in [-0.4, -0.2) is 35.2 Å². The molecule has 0 aliphatic heterocycles. The van der Waals surface area contributed by atoms with Crippen molar-refractivity contribution in [3.63, 3.8) is 0 Å². The highest BCUT2D eigenvalue weighted by molar-refractivity contribution is 6.04. The second-order valence-electron chi connectivity index (χ2n) is 5.66. The van der Waals surface area contributed by atoms with Gasteiger partial charge in [0, 0.05) is 25.1 Å². The highest BCUT2D eigenvalue weighted by Gasteiger charge is 2.11. The molecule has 0 aliphatic rings. The first-order chi connectivity index (χ1) is 11.9. The molecule has 0 atom stereocenters. The number of aromatic nitrogens is 1. The molecule has 132 valence electrons. The lowest BCUT2D eigenvalue weighted by molar-refractivity contribution is 0.0696. The Kier molecular flexibility index (Phi) is 6.08. The second-order valence-corrected chi connectivity index (χ2v) is 5.66. The quantitative estimate of drug-likeness (QED) is 0.801. The number of hydrogen-bond acceptors (Lipinski definition) is 5. The van der Waals surface area contributed by atoms with Crippen LogP contribution in [0.2, 0.25) is 0 Å². The lowest BCUT2D eigenvalue weighted by atomic mass is 10.1. The van der Waals surface area contributed by atoms with E-state index in [2.05, 4.69) is 10.3 Å². The van der Waals surface area contributed by atoms with Crippen LogP contribution in [-0.2, 0) is 11.3 Å². The Balaban J connectivity index is 2.17. The first kappa shape index (κ1) is 18.4. The number of pyridine rings is 1. The largest absolute Gasteiger partial charge is 0.478 e. The van der Waals surface area contributed by atoms with Gasteiger partial charge < -0.3 is 19.9 Å². The fourth-order valence-electron chi connectivity index (χ4n) is 2.17. The van der Waals surface area contributed by atoms with E-state index >= 15 is 0 Å². The Labute approximate surface area is 145 Å². The number of nitrogens with one attached hydrogen (secondary N) is 1. The van der Waals surface area contributed by atoms with Gasteiger partial charge in [0.25, 0.3) is 5.91 Å². The van der Waals surface area contributed by atoms with Crippen LogP contribution < -0.4 is 10.1 Å². The summed E-state index contributed by atoms with van der Waals surface area (Å²) in [7, 11) is 1.51. The molecular weight excluding hydrogens is 324 g/mol. The Morgan fingerprint density at radius 3 is 2.52 bits per heavy atom. The van der Waals surface area contributed by atoms with E-state index in [-0.39, 0.29) is 18.3 Å². The molecule has 25 heavy (non-hydrogen) atoms. The minimum absolute atomic E-state index is 0.00913. The summed E-state index contributed by atoms with van der Waals surface area (Å²) >= 11 is 0. The van der Waals surface area contributed by atoms with Gasteiger partial charge in [0.05, 0.1) is 23.8 Å². The Hall–Kier alpha value is -2.93. The molecule has 2 N–H and O–H groups in total. The molecule has 0 unspecified atom stereocenters. The second kappa shape index (κ2) is 8.25. The average molecular weight is 344 g/mol. The van der Waals surface area contributed by atoms with E-state index in [9.17, 15) is 14.7 Å². The van der Waals surface area contributed by atoms with Gasteiger partial charge in [0.2, 0.25) is 5.88 Å². The molecule has 0 spiro atoms. The summed E-state index contributed by atoms with van der Waals surface area (Å²) in [5.41, 5.74) is 1.43. The molecule has 1 heterocycles. The van der Waals surface area contributed by atoms with E-state index in [4.69, 9.17) is 9.47 Å². The predicted octanol–water partition coefficient (Wildman–Crippen LogP) is 2.97. The number of benzene rings is 1. The molecule has 7 nitrogen and oxygen atoms in total. The molecule has 2 rings (SSSR count). The minimum atomic E-state index is -1.08. The Morgan fingerprint density at radius 1 is 1.20 bits per heavy atom. The first-order valence-electron chi connectivity index (χ1n) is 7.69. The van der Waals surface area contributed by atoms with Gasteiger partial charge in [-0.3, -0.25) is 4.79 Å². The Bertz CT molecular complexity index is 757. The number of carboxylic acid groups (broad SMARTS) is 1. The molecule has 1 aromatic carbocycles. The zero-order valence-corrected chi connectivity index (χ0v) is 14.3. The topological polar surface area (TPSA) is 97.8 Å². The molecule has 1 aromatic heterocycles. The van der Waals surface area contributed by atoms with Crippen LogP contribution in [0, 0.1) is 0 Å². The Morgan fingerprint density at radius 2 is 1.96 bits per heavy atom. The number of carbonyl (C=O) groups is 2. The maximum atomic E-state index is 12.3. The number of anilines is 1. The van der Waals surface area contributed by atoms with E-state index in [1.807, 2.05) is 13.8 Å². The lowest BCUT2D eigenvalue weighted by Crippen LogP contribution is -2.14. The molecule has 0 bridgehead atoms. The third-order valence-corrected chi connectivity index (χ3v) is 3.16. The zero-order valence-electron chi connectivity index (χ0n) is 14.3. The van der Waals surface area contributed by atoms with Crippen molar-refractivity contribution in [2.24, 2.45) is 0 Å². The van der Waals surface area contributed by atoms with Gasteiger partial charge in [0.1, 0.15) is 0 Å². The number of rotatable bonds is 7. The van der Waals surface area contributed by atoms with Crippen LogP contribution in [0.5, 0.6) is 5.88 Å². The molecule has 7 heteroatoms. The van der Waals surface area contributed by atoms with Crippen LogP contribution in [0.15, 0.2) is 36.5 Å². The molecule has 0 radical (unpaired) electrons. The number of carboxylic acids is 1. The van der Waals surface area contributed by atoms with Gasteiger partial charge in [-0.15, -0.1) is 0 Å². The number of amides is 1. The van der Waals surface area contributed by atoms with Gasteiger partial charge >= 0.3 is 5.97 Å². The molecule has 1 amide bonds. The third-order valence-electron chi connectivity index (χ3n) is 3.16. The summed E-state index contributed by atoms with van der Waals surface area (Å²) in [4.78, 5) is 27.6. The number of hydrogen-bond donors (Lipinski definition) is 2. The minimum Gasteiger partial charge on any atom is -0.478 e. The van der Waals surface area contributed by atoms with Crippen LogP contribution in [0.3, 0.4) is 0 Å². The molecular formula is C18H20N2O5. The SMILES string of the molecule is COCc1cc(NC(=O)c2ccc(OC(C)C)nc2)cc(C(=O)O)c1. The number of methoxy groups -OCH3 is 1. The number of carbonyl (C=O) groups excluding carboxylic acids is 1. The van der Waals surface area contributed by atoms with Gasteiger partial charge in [-0.2, -0.15) is 0 Å². The van der Waals surface area contributed by atoms with Crippen LogP contribution in [0.1, 0.15) is 40.1 Å². The van der Waals surface area contributed by atoms with Crippen molar-refractivity contribution in [1.82, 2.24) is 4.98 Å². The van der Waals surface area contributed by atoms with Gasteiger partial charge in [-0.05, 0) is 43.7 Å². The maximum Gasteiger partial charge on any atom is 0.335 e. The number of aromatic carboxylic acids is 1. The summed E-state index contributed by atoms with van der Waals surface area (Å²) in [5.74, 6) is -1.04. The molecule has 0 saturated heterocycles. The maximum absolute atomic E-state index is 12.3. The van der Waals surface area contributed by atoms with Crippen molar-refractivity contribution in [3.8, 4) is 5.88 Å². The summed E-state index contributed by atoms with van der Waals surface area (Å²) in [6.45, 7) is 4.01. The lowest BCUT2D eigenvalue weighted by Gasteiger charge is -2.10. The first-order valence-corrected chi connectivity index (χ1v) is 7.69. The fraction of sp³-hybridized carbons (Fsp3) is 0.278. The summed E-state index contributed by atoms with van der Waals surface area (Å²) < 4.78 is 10.5. The monoisotopic (exact) mass is 344 g/mol. The predicted molar refractivity (Wildman–Crippen MR) is 92.1 cm³/mol.